The van der Waals surface area contributed by atoms with Crippen molar-refractivity contribution in [3.8, 4) is 17.6 Å². The number of aliphatic hydroxyl groups is 1. The highest BCUT2D eigenvalue weighted by Crippen LogP contribution is 2.54. The molecule has 3 rings (SSSR count). The van der Waals surface area contributed by atoms with Crippen molar-refractivity contribution in [2.24, 2.45) is 0 Å². The van der Waals surface area contributed by atoms with Crippen LogP contribution in [0.15, 0.2) is 42.5 Å². The molecule has 1 atom stereocenters. The number of carboxylic acids is 1. The minimum absolute atomic E-state index is 0.171. The Morgan fingerprint density at radius 2 is 1.89 bits per heavy atom. The summed E-state index contributed by atoms with van der Waals surface area (Å²) in [6.07, 6.45) is 4.05. The van der Waals surface area contributed by atoms with Crippen LogP contribution in [-0.4, -0.2) is 35.3 Å². The number of fused-ring (bicyclic) bond motifs is 1. The van der Waals surface area contributed by atoms with Crippen molar-refractivity contribution in [3.05, 3.63) is 64.7 Å². The Labute approximate surface area is 167 Å². The molecule has 0 aromatic heterocycles. The van der Waals surface area contributed by atoms with E-state index < -0.39 is 12.1 Å². The molecule has 0 bridgehead atoms. The van der Waals surface area contributed by atoms with Gasteiger partial charge in [-0.25, -0.2) is 4.79 Å². The number of aliphatic hydroxyl groups excluding tert-OH is 1. The van der Waals surface area contributed by atoms with Gasteiger partial charge in [0, 0.05) is 23.1 Å². The third-order valence-electron chi connectivity index (χ3n) is 4.57. The van der Waals surface area contributed by atoms with Gasteiger partial charge in [0.05, 0.1) is 16.2 Å². The molecule has 4 nitrogen and oxygen atoms in total. The van der Waals surface area contributed by atoms with Crippen molar-refractivity contribution in [2.45, 2.75) is 16.6 Å². The van der Waals surface area contributed by atoms with Crippen molar-refractivity contribution >= 4 is 29.5 Å². The molecular formula is C21H20O4S2. The summed E-state index contributed by atoms with van der Waals surface area (Å²) in [7, 11) is 0. The van der Waals surface area contributed by atoms with Crippen LogP contribution in [-0.2, 0) is 4.08 Å². The fraction of sp³-hybridized carbons (Fsp3) is 0.286. The van der Waals surface area contributed by atoms with Gasteiger partial charge in [0.1, 0.15) is 11.9 Å². The Bertz CT molecular complexity index is 893. The molecule has 0 spiro atoms. The monoisotopic (exact) mass is 400 g/mol. The molecule has 0 fully saturated rings. The number of ether oxygens (including phenoxy) is 1. The molecule has 0 aliphatic carbocycles. The molecule has 1 heterocycles. The van der Waals surface area contributed by atoms with Crippen molar-refractivity contribution in [1.29, 1.82) is 0 Å². The molecule has 140 valence electrons. The zero-order chi connectivity index (χ0) is 19.4. The first-order chi connectivity index (χ1) is 13.0. The van der Waals surface area contributed by atoms with Gasteiger partial charge in [0.25, 0.3) is 0 Å². The highest BCUT2D eigenvalue weighted by Gasteiger charge is 2.39. The van der Waals surface area contributed by atoms with Gasteiger partial charge in [-0.2, -0.15) is 0 Å². The Hall–Kier alpha value is -2.07. The molecule has 0 saturated heterocycles. The van der Waals surface area contributed by atoms with E-state index in [1.165, 1.54) is 12.1 Å². The van der Waals surface area contributed by atoms with Crippen LogP contribution in [0.3, 0.4) is 0 Å². The van der Waals surface area contributed by atoms with Crippen LogP contribution < -0.4 is 4.74 Å². The molecule has 0 amide bonds. The second-order valence-electron chi connectivity index (χ2n) is 6.03. The van der Waals surface area contributed by atoms with Gasteiger partial charge >= 0.3 is 5.97 Å². The van der Waals surface area contributed by atoms with Crippen molar-refractivity contribution in [3.63, 3.8) is 0 Å². The van der Waals surface area contributed by atoms with E-state index in [0.29, 0.717) is 12.2 Å². The van der Waals surface area contributed by atoms with Gasteiger partial charge in [0.2, 0.25) is 0 Å². The highest BCUT2D eigenvalue weighted by molar-refractivity contribution is 8.16. The van der Waals surface area contributed by atoms with E-state index in [1.807, 2.05) is 18.2 Å². The SMILES string of the molecule is CSC1(SC)CCOc2cccc(C(O)C#Cc3ccc(C(=O)O)cc3)c21. The number of carbonyl (C=O) groups is 1. The average molecular weight is 401 g/mol. The topological polar surface area (TPSA) is 66.8 Å². The molecule has 1 unspecified atom stereocenters. The predicted molar refractivity (Wildman–Crippen MR) is 111 cm³/mol. The lowest BCUT2D eigenvalue weighted by atomic mass is 9.95. The fourth-order valence-electron chi connectivity index (χ4n) is 3.14. The van der Waals surface area contributed by atoms with E-state index >= 15 is 0 Å². The molecule has 1 aliphatic rings. The van der Waals surface area contributed by atoms with E-state index in [-0.39, 0.29) is 9.64 Å². The van der Waals surface area contributed by atoms with Crippen LogP contribution in [0.2, 0.25) is 0 Å². The van der Waals surface area contributed by atoms with Gasteiger partial charge < -0.3 is 14.9 Å². The molecule has 2 aromatic carbocycles. The Morgan fingerprint density at radius 1 is 1.19 bits per heavy atom. The van der Waals surface area contributed by atoms with Crippen LogP contribution in [0.4, 0.5) is 0 Å². The largest absolute Gasteiger partial charge is 0.493 e. The summed E-state index contributed by atoms with van der Waals surface area (Å²) in [4.78, 5) is 10.9. The van der Waals surface area contributed by atoms with Gasteiger partial charge in [-0.05, 0) is 42.8 Å². The van der Waals surface area contributed by atoms with Gasteiger partial charge in [-0.1, -0.05) is 24.0 Å². The lowest BCUT2D eigenvalue weighted by molar-refractivity contribution is 0.0697. The molecule has 27 heavy (non-hydrogen) atoms. The predicted octanol–water partition coefficient (Wildman–Crippen LogP) is 4.13. The summed E-state index contributed by atoms with van der Waals surface area (Å²) in [6.45, 7) is 0.649. The smallest absolute Gasteiger partial charge is 0.335 e. The molecule has 6 heteroatoms. The van der Waals surface area contributed by atoms with Crippen LogP contribution in [0.25, 0.3) is 0 Å². The number of rotatable bonds is 4. The van der Waals surface area contributed by atoms with E-state index in [1.54, 1.807) is 35.7 Å². The number of carboxylic acid groups (broad SMARTS) is 1. The quantitative estimate of drug-likeness (QED) is 0.594. The van der Waals surface area contributed by atoms with Crippen LogP contribution in [0.5, 0.6) is 5.75 Å². The number of benzene rings is 2. The van der Waals surface area contributed by atoms with Crippen molar-refractivity contribution in [2.75, 3.05) is 19.1 Å². The molecule has 0 saturated carbocycles. The summed E-state index contributed by atoms with van der Waals surface area (Å²) in [6, 6.07) is 12.0. The fourth-order valence-corrected chi connectivity index (χ4v) is 5.23. The summed E-state index contributed by atoms with van der Waals surface area (Å²) >= 11 is 3.51. The minimum atomic E-state index is -0.976. The van der Waals surface area contributed by atoms with E-state index in [0.717, 1.165) is 23.3 Å². The Balaban J connectivity index is 1.95. The summed E-state index contributed by atoms with van der Waals surface area (Å²) < 4.78 is 5.66. The van der Waals surface area contributed by atoms with Crippen molar-refractivity contribution < 1.29 is 19.7 Å². The number of hydrogen-bond acceptors (Lipinski definition) is 5. The third-order valence-corrected chi connectivity index (χ3v) is 7.70. The normalized spacial score (nSPS) is 15.7. The van der Waals surface area contributed by atoms with Crippen LogP contribution in [0.1, 0.15) is 39.6 Å². The van der Waals surface area contributed by atoms with Gasteiger partial charge in [0.15, 0.2) is 0 Å². The molecule has 1 aliphatic heterocycles. The molecule has 2 aromatic rings. The lowest BCUT2D eigenvalue weighted by Gasteiger charge is -2.38. The average Bonchev–Trinajstić information content (AvgIpc) is 2.71. The Kier molecular flexibility index (Phi) is 6.05. The van der Waals surface area contributed by atoms with Crippen molar-refractivity contribution in [1.82, 2.24) is 0 Å². The van der Waals surface area contributed by atoms with E-state index in [9.17, 15) is 9.90 Å². The first-order valence-corrected chi connectivity index (χ1v) is 10.8. The standard InChI is InChI=1S/C21H20O4S2/c1-26-21(27-2)12-13-25-18-5-3-4-16(19(18)21)17(22)11-8-14-6-9-15(10-7-14)20(23)24/h3-7,9-10,17,22H,12-13H2,1-2H3,(H,23,24). The minimum Gasteiger partial charge on any atom is -0.493 e. The molecule has 0 radical (unpaired) electrons. The second kappa shape index (κ2) is 8.30. The third kappa shape index (κ3) is 3.96. The van der Waals surface area contributed by atoms with E-state index in [4.69, 9.17) is 9.84 Å². The van der Waals surface area contributed by atoms with Crippen LogP contribution in [0, 0.1) is 11.8 Å². The zero-order valence-corrected chi connectivity index (χ0v) is 16.7. The second-order valence-corrected chi connectivity index (χ2v) is 8.50. The first-order valence-electron chi connectivity index (χ1n) is 8.40. The maximum absolute atomic E-state index is 10.9. The lowest BCUT2D eigenvalue weighted by Crippen LogP contribution is -2.28. The summed E-state index contributed by atoms with van der Waals surface area (Å²) in [5, 5.41) is 19.7. The van der Waals surface area contributed by atoms with Gasteiger partial charge in [-0.15, -0.1) is 23.5 Å². The summed E-state index contributed by atoms with van der Waals surface area (Å²) in [5.41, 5.74) is 2.62. The highest BCUT2D eigenvalue weighted by atomic mass is 32.2. The Morgan fingerprint density at radius 3 is 2.52 bits per heavy atom. The molecular weight excluding hydrogens is 380 g/mol. The number of hydrogen-bond donors (Lipinski definition) is 2. The number of thioether (sulfide) groups is 2. The van der Waals surface area contributed by atoms with E-state index in [2.05, 4.69) is 24.4 Å². The molecule has 2 N–H and O–H groups in total. The summed E-state index contributed by atoms with van der Waals surface area (Å²) in [5.74, 6) is 5.64. The maximum Gasteiger partial charge on any atom is 0.335 e. The van der Waals surface area contributed by atoms with Gasteiger partial charge in [-0.3, -0.25) is 0 Å². The number of aromatic carboxylic acids is 1. The van der Waals surface area contributed by atoms with Crippen LogP contribution >= 0.6 is 23.5 Å². The zero-order valence-electron chi connectivity index (χ0n) is 15.1. The maximum atomic E-state index is 10.9. The first kappa shape index (κ1) is 19.7.